The largest absolute Gasteiger partial charge is 0.458 e. The van der Waals surface area contributed by atoms with Crippen LogP contribution in [0.3, 0.4) is 0 Å². The molecule has 10 heteroatoms. The van der Waals surface area contributed by atoms with Gasteiger partial charge in [0.15, 0.2) is 5.82 Å². The summed E-state index contributed by atoms with van der Waals surface area (Å²) in [5.74, 6) is 0.983. The lowest BCUT2D eigenvalue weighted by Gasteiger charge is -2.33. The number of hydrogen-bond acceptors (Lipinski definition) is 6. The second-order valence-corrected chi connectivity index (χ2v) is 8.81. The number of carbonyl (C=O) groups excluding carboxylic acids is 2. The number of rotatable bonds is 10. The number of anilines is 1. The van der Waals surface area contributed by atoms with Crippen LogP contribution >= 0.6 is 11.6 Å². The van der Waals surface area contributed by atoms with Crippen LogP contribution in [0, 0.1) is 5.92 Å². The number of amides is 2. The Balaban J connectivity index is 1.44. The minimum absolute atomic E-state index is 0.106. The van der Waals surface area contributed by atoms with Crippen molar-refractivity contribution in [2.24, 2.45) is 5.92 Å². The highest BCUT2D eigenvalue weighted by Gasteiger charge is 2.37. The lowest BCUT2D eigenvalue weighted by molar-refractivity contribution is -0.134. The van der Waals surface area contributed by atoms with Gasteiger partial charge in [-0.05, 0) is 24.5 Å². The summed E-state index contributed by atoms with van der Waals surface area (Å²) in [7, 11) is 0. The molecule has 2 aromatic rings. The first-order valence-electron chi connectivity index (χ1n) is 11.0. The van der Waals surface area contributed by atoms with Gasteiger partial charge in [-0.2, -0.15) is 5.10 Å². The second-order valence-electron chi connectivity index (χ2n) is 8.41. The van der Waals surface area contributed by atoms with Gasteiger partial charge in [0.05, 0.1) is 30.8 Å². The highest BCUT2D eigenvalue weighted by atomic mass is 35.5. The molecule has 2 aliphatic rings. The first-order valence-corrected chi connectivity index (χ1v) is 11.4. The molecule has 176 valence electrons. The fourth-order valence-corrected chi connectivity index (χ4v) is 4.11. The third kappa shape index (κ3) is 5.73. The van der Waals surface area contributed by atoms with Crippen molar-refractivity contribution in [2.45, 2.75) is 44.4 Å². The number of ether oxygens (including phenoxy) is 1. The molecule has 9 nitrogen and oxygen atoms in total. The van der Waals surface area contributed by atoms with Crippen LogP contribution in [0.25, 0.3) is 0 Å². The van der Waals surface area contributed by atoms with E-state index in [2.05, 4.69) is 10.4 Å². The van der Waals surface area contributed by atoms with Gasteiger partial charge in [0, 0.05) is 18.3 Å². The zero-order chi connectivity index (χ0) is 23.4. The molecule has 1 unspecified atom stereocenters. The van der Waals surface area contributed by atoms with Crippen molar-refractivity contribution >= 4 is 29.2 Å². The predicted octanol–water partition coefficient (Wildman–Crippen LogP) is 2.19. The number of aliphatic hydroxyl groups excluding tert-OH is 2. The van der Waals surface area contributed by atoms with E-state index in [0.717, 1.165) is 19.3 Å². The Kier molecular flexibility index (Phi) is 7.32. The third-order valence-electron chi connectivity index (χ3n) is 5.93. The summed E-state index contributed by atoms with van der Waals surface area (Å²) in [6.07, 6.45) is 5.83. The number of aliphatic hydroxyl groups is 2. The number of benzene rings is 1. The van der Waals surface area contributed by atoms with Crippen LogP contribution in [0.5, 0.6) is 5.75 Å². The molecule has 1 aliphatic heterocycles. The number of hydrogen-bond donors (Lipinski definition) is 3. The molecule has 0 saturated heterocycles. The van der Waals surface area contributed by atoms with Crippen LogP contribution in [0.4, 0.5) is 5.82 Å². The van der Waals surface area contributed by atoms with E-state index in [1.54, 1.807) is 36.5 Å². The Morgan fingerprint density at radius 1 is 1.30 bits per heavy atom. The second kappa shape index (κ2) is 10.4. The number of halogens is 1. The average Bonchev–Trinajstić information content (AvgIpc) is 3.34. The first kappa shape index (κ1) is 23.3. The number of nitrogens with one attached hydrogen (secondary N) is 1. The van der Waals surface area contributed by atoms with Crippen molar-refractivity contribution in [2.75, 3.05) is 18.5 Å². The maximum atomic E-state index is 13.2. The smallest absolute Gasteiger partial charge is 0.251 e. The normalized spacial score (nSPS) is 18.0. The Labute approximate surface area is 196 Å². The Morgan fingerprint density at radius 2 is 2.09 bits per heavy atom. The lowest BCUT2D eigenvalue weighted by Crippen LogP contribution is -2.47. The van der Waals surface area contributed by atoms with Crippen molar-refractivity contribution in [1.82, 2.24) is 14.7 Å². The minimum Gasteiger partial charge on any atom is -0.458 e. The van der Waals surface area contributed by atoms with E-state index in [4.69, 9.17) is 21.4 Å². The molecule has 1 saturated carbocycles. The highest BCUT2D eigenvalue weighted by Crippen LogP contribution is 2.33. The fourth-order valence-electron chi connectivity index (χ4n) is 3.94. The van der Waals surface area contributed by atoms with E-state index in [0.29, 0.717) is 34.7 Å². The molecule has 2 heterocycles. The van der Waals surface area contributed by atoms with Crippen molar-refractivity contribution in [1.29, 1.82) is 0 Å². The van der Waals surface area contributed by atoms with Gasteiger partial charge in [-0.3, -0.25) is 14.3 Å². The van der Waals surface area contributed by atoms with Crippen molar-refractivity contribution in [3.05, 3.63) is 53.4 Å². The van der Waals surface area contributed by atoms with Crippen molar-refractivity contribution in [3.63, 3.8) is 0 Å². The van der Waals surface area contributed by atoms with Gasteiger partial charge in [0.25, 0.3) is 5.91 Å². The Bertz CT molecular complexity index is 1040. The Morgan fingerprint density at radius 3 is 2.79 bits per heavy atom. The molecule has 1 fully saturated rings. The van der Waals surface area contributed by atoms with E-state index in [1.807, 2.05) is 0 Å². The first-order chi connectivity index (χ1) is 15.9. The van der Waals surface area contributed by atoms with Crippen molar-refractivity contribution in [3.8, 4) is 5.75 Å². The molecule has 1 aromatic heterocycles. The van der Waals surface area contributed by atoms with E-state index in [1.165, 1.54) is 15.7 Å². The molecule has 33 heavy (non-hydrogen) atoms. The molecule has 0 radical (unpaired) electrons. The van der Waals surface area contributed by atoms with Crippen molar-refractivity contribution < 1.29 is 24.5 Å². The van der Waals surface area contributed by atoms with Crippen LogP contribution < -0.4 is 10.1 Å². The maximum absolute atomic E-state index is 13.2. The standard InChI is InChI=1S/C23H27ClN4O5/c24-18-6-1-2-7-20(18)33-17-11-22(31)28(13-17)19(10-15-4-3-5-15)23(32)25-21-8-9-27(26-21)12-16(30)14-29/h1-2,6-9,11,15-16,19,29-30H,3-5,10,12-14H2,(H,25,26,32)/t16-,19?/m1/s1. The molecule has 3 N–H and O–H groups in total. The van der Waals surface area contributed by atoms with Crippen LogP contribution in [-0.2, 0) is 16.1 Å². The molecular formula is C23H27ClN4O5. The summed E-state index contributed by atoms with van der Waals surface area (Å²) in [5, 5.41) is 26.0. The fraction of sp³-hybridized carbons (Fsp3) is 0.435. The topological polar surface area (TPSA) is 117 Å². The molecule has 4 rings (SSSR count). The quantitative estimate of drug-likeness (QED) is 0.486. The zero-order valence-electron chi connectivity index (χ0n) is 18.1. The molecule has 1 aliphatic carbocycles. The molecule has 0 spiro atoms. The van der Waals surface area contributed by atoms with Crippen LogP contribution in [0.15, 0.2) is 48.4 Å². The number of carbonyl (C=O) groups is 2. The minimum atomic E-state index is -0.940. The highest BCUT2D eigenvalue weighted by molar-refractivity contribution is 6.32. The van der Waals surface area contributed by atoms with Gasteiger partial charge < -0.3 is 25.2 Å². The zero-order valence-corrected chi connectivity index (χ0v) is 18.8. The van der Waals surface area contributed by atoms with E-state index < -0.39 is 12.1 Å². The van der Waals surface area contributed by atoms with Gasteiger partial charge in [0.2, 0.25) is 5.91 Å². The molecule has 1 aromatic carbocycles. The van der Waals surface area contributed by atoms with E-state index in [9.17, 15) is 14.7 Å². The monoisotopic (exact) mass is 474 g/mol. The molecule has 2 amide bonds. The lowest BCUT2D eigenvalue weighted by atomic mass is 9.80. The summed E-state index contributed by atoms with van der Waals surface area (Å²) in [6, 6.07) is 7.96. The number of nitrogens with zero attached hydrogens (tertiary/aromatic N) is 3. The summed E-state index contributed by atoms with van der Waals surface area (Å²) in [5.41, 5.74) is 0. The van der Waals surface area contributed by atoms with Gasteiger partial charge in [-0.15, -0.1) is 0 Å². The summed E-state index contributed by atoms with van der Waals surface area (Å²) >= 11 is 6.16. The van der Waals surface area contributed by atoms with Gasteiger partial charge in [-0.1, -0.05) is 43.0 Å². The predicted molar refractivity (Wildman–Crippen MR) is 122 cm³/mol. The van der Waals surface area contributed by atoms with Crippen LogP contribution in [0.2, 0.25) is 5.02 Å². The Hall–Kier alpha value is -2.88. The summed E-state index contributed by atoms with van der Waals surface area (Å²) in [4.78, 5) is 27.5. The van der Waals surface area contributed by atoms with Gasteiger partial charge >= 0.3 is 0 Å². The van der Waals surface area contributed by atoms with E-state index >= 15 is 0 Å². The maximum Gasteiger partial charge on any atom is 0.251 e. The molecule has 2 atom stereocenters. The summed E-state index contributed by atoms with van der Waals surface area (Å²) in [6.45, 7) is -0.102. The number of aromatic nitrogens is 2. The average molecular weight is 475 g/mol. The summed E-state index contributed by atoms with van der Waals surface area (Å²) < 4.78 is 7.27. The van der Waals surface area contributed by atoms with Crippen LogP contribution in [0.1, 0.15) is 25.7 Å². The van der Waals surface area contributed by atoms with Crippen LogP contribution in [-0.4, -0.2) is 62.0 Å². The van der Waals surface area contributed by atoms with Gasteiger partial charge in [0.1, 0.15) is 17.6 Å². The molecule has 0 bridgehead atoms. The van der Waals surface area contributed by atoms with E-state index in [-0.39, 0.29) is 31.5 Å². The van der Waals surface area contributed by atoms with Gasteiger partial charge in [-0.25, -0.2) is 0 Å². The molecular weight excluding hydrogens is 448 g/mol. The number of para-hydroxylation sites is 1. The third-order valence-corrected chi connectivity index (χ3v) is 6.24. The SMILES string of the molecule is O=C(Nc1ccn(C[C@@H](O)CO)n1)C(CC1CCC1)N1CC(Oc2ccccc2Cl)=CC1=O.